The molecule has 2 rings (SSSR count). The number of rotatable bonds is 5. The summed E-state index contributed by atoms with van der Waals surface area (Å²) in [5, 5.41) is 11.5. The Bertz CT molecular complexity index is 559. The molecule has 21 heavy (non-hydrogen) atoms. The molecule has 0 radical (unpaired) electrons. The molecule has 1 atom stereocenters. The summed E-state index contributed by atoms with van der Waals surface area (Å²) in [5.41, 5.74) is 2.13. The first kappa shape index (κ1) is 15.3. The number of carboxylic acids is 1. The number of amides is 1. The number of nitrogens with one attached hydrogen (secondary N) is 1. The Morgan fingerprint density at radius 1 is 1.48 bits per heavy atom. The minimum absolute atomic E-state index is 0.134. The summed E-state index contributed by atoms with van der Waals surface area (Å²) < 4.78 is 5.28. The summed E-state index contributed by atoms with van der Waals surface area (Å²) in [7, 11) is 0. The molecule has 112 valence electrons. The van der Waals surface area contributed by atoms with Gasteiger partial charge in [-0.2, -0.15) is 0 Å². The van der Waals surface area contributed by atoms with E-state index in [1.54, 1.807) is 12.1 Å². The van der Waals surface area contributed by atoms with E-state index in [0.717, 1.165) is 24.7 Å². The Labute approximate surface area is 123 Å². The minimum atomic E-state index is -1.01. The van der Waals surface area contributed by atoms with Crippen LogP contribution in [0.2, 0.25) is 0 Å². The van der Waals surface area contributed by atoms with Crippen molar-refractivity contribution in [1.82, 2.24) is 5.32 Å². The molecule has 1 fully saturated rings. The van der Waals surface area contributed by atoms with E-state index >= 15 is 0 Å². The van der Waals surface area contributed by atoms with E-state index in [4.69, 9.17) is 9.84 Å². The van der Waals surface area contributed by atoms with Crippen molar-refractivity contribution in [1.29, 1.82) is 0 Å². The number of hydrogen-bond donors (Lipinski definition) is 2. The first-order chi connectivity index (χ1) is 10.1. The number of aliphatic carboxylic acids is 1. The molecule has 0 aromatic heterocycles. The van der Waals surface area contributed by atoms with Gasteiger partial charge in [0.15, 0.2) is 0 Å². The quantitative estimate of drug-likeness (QED) is 0.811. The lowest BCUT2D eigenvalue weighted by atomic mass is 10.0. The summed E-state index contributed by atoms with van der Waals surface area (Å²) in [5.74, 6) is -0.767. The van der Waals surface area contributed by atoms with E-state index in [1.807, 2.05) is 13.0 Å². The molecule has 2 N–H and O–H groups in total. The fourth-order valence-electron chi connectivity index (χ4n) is 2.23. The maximum atomic E-state index is 12.2. The van der Waals surface area contributed by atoms with Gasteiger partial charge in [0, 0.05) is 30.7 Å². The van der Waals surface area contributed by atoms with Gasteiger partial charge in [0.1, 0.15) is 0 Å². The topological polar surface area (TPSA) is 75.6 Å². The molecule has 0 bridgehead atoms. The van der Waals surface area contributed by atoms with Gasteiger partial charge in [0.05, 0.1) is 6.61 Å². The van der Waals surface area contributed by atoms with Crippen LogP contribution >= 0.6 is 0 Å². The van der Waals surface area contributed by atoms with Gasteiger partial charge in [-0.05, 0) is 36.6 Å². The van der Waals surface area contributed by atoms with Crippen molar-refractivity contribution in [2.45, 2.75) is 13.3 Å². The van der Waals surface area contributed by atoms with E-state index < -0.39 is 5.97 Å². The van der Waals surface area contributed by atoms with Gasteiger partial charge >= 0.3 is 5.97 Å². The highest BCUT2D eigenvalue weighted by atomic mass is 16.5. The van der Waals surface area contributed by atoms with E-state index in [0.29, 0.717) is 30.2 Å². The number of carbonyl (C=O) groups is 2. The second-order valence-electron chi connectivity index (χ2n) is 5.19. The van der Waals surface area contributed by atoms with Gasteiger partial charge in [0.25, 0.3) is 5.91 Å². The lowest BCUT2D eigenvalue weighted by molar-refractivity contribution is -0.131. The summed E-state index contributed by atoms with van der Waals surface area (Å²) in [4.78, 5) is 22.8. The van der Waals surface area contributed by atoms with Crippen LogP contribution in [0.5, 0.6) is 0 Å². The number of hydrogen-bond acceptors (Lipinski definition) is 3. The van der Waals surface area contributed by atoms with Crippen LogP contribution in [0.25, 0.3) is 6.08 Å². The Morgan fingerprint density at radius 2 is 2.29 bits per heavy atom. The molecule has 5 nitrogen and oxygen atoms in total. The molecule has 1 aromatic rings. The fraction of sp³-hybridized carbons (Fsp3) is 0.375. The molecule has 1 amide bonds. The molecule has 1 heterocycles. The predicted molar refractivity (Wildman–Crippen MR) is 79.1 cm³/mol. The second-order valence-corrected chi connectivity index (χ2v) is 5.19. The largest absolute Gasteiger partial charge is 0.478 e. The third-order valence-electron chi connectivity index (χ3n) is 3.50. The average molecular weight is 289 g/mol. The standard InChI is InChI=1S/C16H19NO4/c1-11-2-3-12(4-5-15(18)19)8-14(11)16(20)17-9-13-6-7-21-10-13/h2-5,8,13H,6-7,9-10H2,1H3,(H,17,20)(H,18,19). The third kappa shape index (κ3) is 4.43. The number of benzene rings is 1. The van der Waals surface area contributed by atoms with Crippen LogP contribution in [-0.4, -0.2) is 36.7 Å². The van der Waals surface area contributed by atoms with E-state index in [1.165, 1.54) is 6.08 Å². The van der Waals surface area contributed by atoms with Gasteiger partial charge in [-0.3, -0.25) is 4.79 Å². The van der Waals surface area contributed by atoms with Crippen molar-refractivity contribution in [3.05, 3.63) is 41.0 Å². The SMILES string of the molecule is Cc1ccc(C=CC(=O)O)cc1C(=O)NCC1CCOC1. The third-order valence-corrected chi connectivity index (χ3v) is 3.50. The smallest absolute Gasteiger partial charge is 0.328 e. The molecule has 1 unspecified atom stereocenters. The summed E-state index contributed by atoms with van der Waals surface area (Å²) in [6.45, 7) is 3.92. The molecular formula is C16H19NO4. The Balaban J connectivity index is 2.04. The van der Waals surface area contributed by atoms with Crippen molar-refractivity contribution >= 4 is 18.0 Å². The lowest BCUT2D eigenvalue weighted by Gasteiger charge is -2.11. The van der Waals surface area contributed by atoms with Crippen molar-refractivity contribution in [3.8, 4) is 0 Å². The molecule has 1 saturated heterocycles. The fourth-order valence-corrected chi connectivity index (χ4v) is 2.23. The van der Waals surface area contributed by atoms with Gasteiger partial charge in [-0.15, -0.1) is 0 Å². The summed E-state index contributed by atoms with van der Waals surface area (Å²) >= 11 is 0. The second kappa shape index (κ2) is 7.04. The molecule has 0 spiro atoms. The van der Waals surface area contributed by atoms with Crippen LogP contribution in [0.1, 0.15) is 27.9 Å². The Hall–Kier alpha value is -2.14. The monoisotopic (exact) mass is 289 g/mol. The molecule has 5 heteroatoms. The highest BCUT2D eigenvalue weighted by Crippen LogP contribution is 2.14. The van der Waals surface area contributed by atoms with Gasteiger partial charge < -0.3 is 15.2 Å². The van der Waals surface area contributed by atoms with E-state index in [2.05, 4.69) is 5.32 Å². The van der Waals surface area contributed by atoms with Crippen LogP contribution in [0.3, 0.4) is 0 Å². The lowest BCUT2D eigenvalue weighted by Crippen LogP contribution is -2.30. The van der Waals surface area contributed by atoms with Crippen LogP contribution in [0, 0.1) is 12.8 Å². The van der Waals surface area contributed by atoms with Crippen molar-refractivity contribution < 1.29 is 19.4 Å². The summed E-state index contributed by atoms with van der Waals surface area (Å²) in [6.07, 6.45) is 3.51. The van der Waals surface area contributed by atoms with Gasteiger partial charge in [-0.25, -0.2) is 4.79 Å². The van der Waals surface area contributed by atoms with Crippen molar-refractivity contribution in [2.24, 2.45) is 5.92 Å². The molecule has 1 aliphatic heterocycles. The van der Waals surface area contributed by atoms with Crippen LogP contribution in [0.4, 0.5) is 0 Å². The first-order valence-corrected chi connectivity index (χ1v) is 6.94. The Kier molecular flexibility index (Phi) is 5.11. The molecule has 0 saturated carbocycles. The highest BCUT2D eigenvalue weighted by Gasteiger charge is 2.17. The van der Waals surface area contributed by atoms with Gasteiger partial charge in [0.2, 0.25) is 0 Å². The van der Waals surface area contributed by atoms with E-state index in [-0.39, 0.29) is 5.91 Å². The average Bonchev–Trinajstić information content (AvgIpc) is 2.97. The zero-order valence-electron chi connectivity index (χ0n) is 12.0. The van der Waals surface area contributed by atoms with Gasteiger partial charge in [-0.1, -0.05) is 12.1 Å². The van der Waals surface area contributed by atoms with Crippen molar-refractivity contribution in [3.63, 3.8) is 0 Å². The van der Waals surface area contributed by atoms with Crippen LogP contribution in [0.15, 0.2) is 24.3 Å². The minimum Gasteiger partial charge on any atom is -0.478 e. The molecule has 1 aromatic carbocycles. The molecule has 0 aliphatic carbocycles. The number of carbonyl (C=O) groups excluding carboxylic acids is 1. The number of aryl methyl sites for hydroxylation is 1. The number of carboxylic acid groups (broad SMARTS) is 1. The maximum Gasteiger partial charge on any atom is 0.328 e. The highest BCUT2D eigenvalue weighted by molar-refractivity contribution is 5.96. The molecule has 1 aliphatic rings. The van der Waals surface area contributed by atoms with E-state index in [9.17, 15) is 9.59 Å². The predicted octanol–water partition coefficient (Wildman–Crippen LogP) is 1.86. The molecular weight excluding hydrogens is 270 g/mol. The first-order valence-electron chi connectivity index (χ1n) is 6.94. The summed E-state index contributed by atoms with van der Waals surface area (Å²) in [6, 6.07) is 5.31. The van der Waals surface area contributed by atoms with Crippen molar-refractivity contribution in [2.75, 3.05) is 19.8 Å². The normalized spacial score (nSPS) is 18.0. The zero-order valence-corrected chi connectivity index (χ0v) is 12.0. The van der Waals surface area contributed by atoms with Crippen LogP contribution in [-0.2, 0) is 9.53 Å². The zero-order chi connectivity index (χ0) is 15.2. The maximum absolute atomic E-state index is 12.2. The number of ether oxygens (including phenoxy) is 1. The van der Waals surface area contributed by atoms with Crippen LogP contribution < -0.4 is 5.32 Å². The Morgan fingerprint density at radius 3 is 2.95 bits per heavy atom.